The molecule has 0 spiro atoms. The number of allylic oxidation sites excluding steroid dienone is 2. The Morgan fingerprint density at radius 1 is 1.42 bits per heavy atom. The van der Waals surface area contributed by atoms with Gasteiger partial charge in [0.25, 0.3) is 5.91 Å². The number of likely N-dealkylation sites (N-methyl/N-ethyl adjacent to an activating group) is 1. The van der Waals surface area contributed by atoms with Crippen molar-refractivity contribution < 1.29 is 14.6 Å². The molecule has 2 N–H and O–H groups in total. The van der Waals surface area contributed by atoms with E-state index in [1.165, 1.54) is 0 Å². The summed E-state index contributed by atoms with van der Waals surface area (Å²) in [7, 11) is 3.61. The fourth-order valence-electron chi connectivity index (χ4n) is 3.46. The average molecular weight is 328 g/mol. The van der Waals surface area contributed by atoms with Gasteiger partial charge >= 0.3 is 0 Å². The number of nitrogens with one attached hydrogen (secondary N) is 1. The van der Waals surface area contributed by atoms with Crippen LogP contribution in [-0.2, 0) is 4.79 Å². The van der Waals surface area contributed by atoms with Gasteiger partial charge in [-0.05, 0) is 37.6 Å². The Morgan fingerprint density at radius 3 is 2.92 bits per heavy atom. The van der Waals surface area contributed by atoms with Gasteiger partial charge in [-0.1, -0.05) is 25.1 Å². The molecule has 1 aromatic rings. The van der Waals surface area contributed by atoms with E-state index < -0.39 is 5.60 Å². The minimum atomic E-state index is -0.823. The summed E-state index contributed by atoms with van der Waals surface area (Å²) in [5.41, 5.74) is 2.32. The van der Waals surface area contributed by atoms with E-state index in [1.807, 2.05) is 44.3 Å². The first-order chi connectivity index (χ1) is 11.5. The van der Waals surface area contributed by atoms with Crippen LogP contribution < -0.4 is 10.1 Å². The molecule has 0 aromatic heterocycles. The predicted octanol–water partition coefficient (Wildman–Crippen LogP) is 2.43. The van der Waals surface area contributed by atoms with Crippen molar-refractivity contribution in [2.24, 2.45) is 0 Å². The zero-order chi connectivity index (χ0) is 17.3. The number of piperidine rings is 1. The van der Waals surface area contributed by atoms with E-state index in [4.69, 9.17) is 4.74 Å². The molecule has 2 aliphatic rings. The third-order valence-corrected chi connectivity index (χ3v) is 4.95. The number of nitrogens with zero attached hydrogens (tertiary/aromatic N) is 1. The summed E-state index contributed by atoms with van der Waals surface area (Å²) in [6.07, 6.45) is 5.20. The lowest BCUT2D eigenvalue weighted by Crippen LogP contribution is -2.47. The van der Waals surface area contributed by atoms with E-state index in [1.54, 1.807) is 7.11 Å². The van der Waals surface area contributed by atoms with Gasteiger partial charge in [0.1, 0.15) is 5.75 Å². The SMILES string of the molecule is CC[C@]1(O)CN(C)CCC1=CC=C1C(=O)Nc2c(OC)cccc21. The summed E-state index contributed by atoms with van der Waals surface area (Å²) in [4.78, 5) is 14.5. The van der Waals surface area contributed by atoms with Gasteiger partial charge in [-0.2, -0.15) is 0 Å². The van der Waals surface area contributed by atoms with Gasteiger partial charge in [-0.3, -0.25) is 4.79 Å². The van der Waals surface area contributed by atoms with E-state index in [-0.39, 0.29) is 5.91 Å². The standard InChI is InChI=1S/C19H24N2O3/c1-4-19(23)12-21(2)11-10-13(19)8-9-15-14-6-5-7-16(24-3)17(14)20-18(15)22/h5-9,23H,4,10-12H2,1-3H3,(H,20,22)/t19-/m0/s1. The number of para-hydroxylation sites is 1. The molecule has 1 amide bonds. The van der Waals surface area contributed by atoms with Crippen molar-refractivity contribution in [2.75, 3.05) is 32.6 Å². The number of hydrogen-bond donors (Lipinski definition) is 2. The van der Waals surface area contributed by atoms with Crippen molar-refractivity contribution in [3.63, 3.8) is 0 Å². The number of β-amino-alcohol motifs (C(OH)–C–C–N with tert-alkyl or cyclic N) is 1. The van der Waals surface area contributed by atoms with Gasteiger partial charge in [-0.15, -0.1) is 0 Å². The number of carbonyl (C=O) groups is 1. The van der Waals surface area contributed by atoms with Crippen LogP contribution in [0.25, 0.3) is 5.57 Å². The molecule has 3 rings (SSSR count). The fraction of sp³-hybridized carbons (Fsp3) is 0.421. The molecule has 0 saturated carbocycles. The summed E-state index contributed by atoms with van der Waals surface area (Å²) < 4.78 is 5.31. The van der Waals surface area contributed by atoms with Crippen molar-refractivity contribution in [3.05, 3.63) is 41.5 Å². The second kappa shape index (κ2) is 6.42. The first kappa shape index (κ1) is 16.7. The van der Waals surface area contributed by atoms with E-state index in [9.17, 15) is 9.90 Å². The van der Waals surface area contributed by atoms with Crippen LogP contribution in [0.3, 0.4) is 0 Å². The third-order valence-electron chi connectivity index (χ3n) is 4.95. The largest absolute Gasteiger partial charge is 0.495 e. The highest BCUT2D eigenvalue weighted by molar-refractivity contribution is 6.32. The Bertz CT molecular complexity index is 723. The summed E-state index contributed by atoms with van der Waals surface area (Å²) in [6, 6.07) is 5.60. The molecule has 5 heteroatoms. The van der Waals surface area contributed by atoms with Gasteiger partial charge in [0.15, 0.2) is 0 Å². The number of fused-ring (bicyclic) bond motifs is 1. The van der Waals surface area contributed by atoms with Crippen molar-refractivity contribution in [1.82, 2.24) is 4.90 Å². The number of amides is 1. The maximum atomic E-state index is 12.3. The van der Waals surface area contributed by atoms with Gasteiger partial charge in [0, 0.05) is 24.2 Å². The van der Waals surface area contributed by atoms with Crippen molar-refractivity contribution in [1.29, 1.82) is 0 Å². The van der Waals surface area contributed by atoms with Crippen LogP contribution >= 0.6 is 0 Å². The number of hydrogen-bond acceptors (Lipinski definition) is 4. The van der Waals surface area contributed by atoms with Gasteiger partial charge < -0.3 is 20.1 Å². The maximum absolute atomic E-state index is 12.3. The van der Waals surface area contributed by atoms with Crippen molar-refractivity contribution in [2.45, 2.75) is 25.4 Å². The minimum absolute atomic E-state index is 0.140. The molecule has 2 heterocycles. The molecule has 0 bridgehead atoms. The van der Waals surface area contributed by atoms with Crippen LogP contribution in [0.1, 0.15) is 25.3 Å². The fourth-order valence-corrected chi connectivity index (χ4v) is 3.46. The molecule has 0 radical (unpaired) electrons. The van der Waals surface area contributed by atoms with Crippen LogP contribution in [0, 0.1) is 0 Å². The molecule has 1 fully saturated rings. The number of benzene rings is 1. The molecule has 24 heavy (non-hydrogen) atoms. The molecular formula is C19H24N2O3. The molecule has 0 aliphatic carbocycles. The van der Waals surface area contributed by atoms with Gasteiger partial charge in [-0.25, -0.2) is 0 Å². The normalized spacial score (nSPS) is 27.4. The van der Waals surface area contributed by atoms with Crippen LogP contribution in [0.2, 0.25) is 0 Å². The van der Waals surface area contributed by atoms with Gasteiger partial charge in [0.05, 0.1) is 18.4 Å². The number of carbonyl (C=O) groups excluding carboxylic acids is 1. The molecular weight excluding hydrogens is 304 g/mol. The second-order valence-electron chi connectivity index (χ2n) is 6.48. The second-order valence-corrected chi connectivity index (χ2v) is 6.48. The first-order valence-electron chi connectivity index (χ1n) is 8.29. The number of methoxy groups -OCH3 is 1. The Balaban J connectivity index is 1.97. The highest BCUT2D eigenvalue weighted by Crippen LogP contribution is 2.39. The number of ether oxygens (including phenoxy) is 1. The summed E-state index contributed by atoms with van der Waals surface area (Å²) >= 11 is 0. The van der Waals surface area contributed by atoms with Gasteiger partial charge in [0.2, 0.25) is 0 Å². The molecule has 128 valence electrons. The highest BCUT2D eigenvalue weighted by Gasteiger charge is 2.34. The summed E-state index contributed by atoms with van der Waals surface area (Å²) in [5, 5.41) is 13.7. The lowest BCUT2D eigenvalue weighted by molar-refractivity contribution is -0.110. The Hall–Kier alpha value is -2.11. The maximum Gasteiger partial charge on any atom is 0.256 e. The summed E-state index contributed by atoms with van der Waals surface area (Å²) in [6.45, 7) is 3.52. The molecule has 0 unspecified atom stereocenters. The van der Waals surface area contributed by atoms with Crippen LogP contribution in [0.4, 0.5) is 5.69 Å². The molecule has 2 aliphatic heterocycles. The zero-order valence-electron chi connectivity index (χ0n) is 14.4. The predicted molar refractivity (Wildman–Crippen MR) is 95.0 cm³/mol. The number of rotatable bonds is 3. The quantitative estimate of drug-likeness (QED) is 0.837. The van der Waals surface area contributed by atoms with E-state index in [0.717, 1.165) is 24.1 Å². The molecule has 1 aromatic carbocycles. The smallest absolute Gasteiger partial charge is 0.256 e. The Kier molecular flexibility index (Phi) is 4.47. The Labute approximate surface area is 142 Å². The number of aliphatic hydroxyl groups is 1. The monoisotopic (exact) mass is 328 g/mol. The molecule has 5 nitrogen and oxygen atoms in total. The lowest BCUT2D eigenvalue weighted by Gasteiger charge is -2.39. The van der Waals surface area contributed by atoms with E-state index in [0.29, 0.717) is 30.0 Å². The van der Waals surface area contributed by atoms with E-state index >= 15 is 0 Å². The van der Waals surface area contributed by atoms with Crippen molar-refractivity contribution >= 4 is 17.2 Å². The average Bonchev–Trinajstić information content (AvgIpc) is 2.89. The minimum Gasteiger partial charge on any atom is -0.495 e. The first-order valence-corrected chi connectivity index (χ1v) is 8.29. The van der Waals surface area contributed by atoms with Crippen LogP contribution in [0.15, 0.2) is 35.9 Å². The third kappa shape index (κ3) is 2.85. The topological polar surface area (TPSA) is 61.8 Å². The van der Waals surface area contributed by atoms with Crippen LogP contribution in [-0.4, -0.2) is 48.8 Å². The zero-order valence-corrected chi connectivity index (χ0v) is 14.4. The molecule has 1 saturated heterocycles. The van der Waals surface area contributed by atoms with Crippen LogP contribution in [0.5, 0.6) is 5.75 Å². The lowest BCUT2D eigenvalue weighted by atomic mass is 9.84. The highest BCUT2D eigenvalue weighted by atomic mass is 16.5. The van der Waals surface area contributed by atoms with Crippen molar-refractivity contribution in [3.8, 4) is 5.75 Å². The molecule has 1 atom stereocenters. The number of likely N-dealkylation sites (tertiary alicyclic amines) is 1. The van der Waals surface area contributed by atoms with E-state index in [2.05, 4.69) is 10.2 Å². The summed E-state index contributed by atoms with van der Waals surface area (Å²) in [5.74, 6) is 0.514. The number of anilines is 1. The Morgan fingerprint density at radius 2 is 2.21 bits per heavy atom.